The molecule has 86 valence electrons. The van der Waals surface area contributed by atoms with Crippen LogP contribution in [0.3, 0.4) is 0 Å². The standard InChI is InChI=1S/C8H18N2O2S.ClH/c1-2-7-13(11,12)10-5-3-8(9)4-6-10;/h8H,2-7,9H2,1H3;1H. The molecule has 0 bridgehead atoms. The molecule has 0 aliphatic carbocycles. The molecule has 0 amide bonds. The second-order valence-electron chi connectivity index (χ2n) is 3.55. The molecular formula is C8H19ClN2O2S. The first kappa shape index (κ1) is 14.2. The molecular weight excluding hydrogens is 224 g/mol. The third kappa shape index (κ3) is 3.73. The summed E-state index contributed by atoms with van der Waals surface area (Å²) < 4.78 is 24.7. The lowest BCUT2D eigenvalue weighted by Crippen LogP contribution is -2.43. The van der Waals surface area contributed by atoms with Crippen molar-refractivity contribution in [3.05, 3.63) is 0 Å². The Morgan fingerprint density at radius 1 is 1.36 bits per heavy atom. The molecule has 1 heterocycles. The Labute approximate surface area is 92.3 Å². The van der Waals surface area contributed by atoms with Crippen molar-refractivity contribution in [2.45, 2.75) is 32.2 Å². The minimum Gasteiger partial charge on any atom is -0.328 e. The molecule has 1 rings (SSSR count). The zero-order valence-corrected chi connectivity index (χ0v) is 10.1. The fraction of sp³-hybridized carbons (Fsp3) is 1.00. The van der Waals surface area contributed by atoms with Gasteiger partial charge in [-0.1, -0.05) is 6.92 Å². The van der Waals surface area contributed by atoms with Crippen molar-refractivity contribution in [3.63, 3.8) is 0 Å². The van der Waals surface area contributed by atoms with Crippen molar-refractivity contribution < 1.29 is 8.42 Å². The summed E-state index contributed by atoms with van der Waals surface area (Å²) in [7, 11) is -2.98. The summed E-state index contributed by atoms with van der Waals surface area (Å²) in [5.41, 5.74) is 5.69. The number of nitrogens with two attached hydrogens (primary N) is 1. The first-order valence-corrected chi connectivity index (χ1v) is 6.40. The van der Waals surface area contributed by atoms with Crippen LogP contribution in [0, 0.1) is 0 Å². The lowest BCUT2D eigenvalue weighted by molar-refractivity contribution is 0.320. The molecule has 0 spiro atoms. The van der Waals surface area contributed by atoms with Gasteiger partial charge in [0.2, 0.25) is 10.0 Å². The van der Waals surface area contributed by atoms with Crippen LogP contribution in [0.1, 0.15) is 26.2 Å². The maximum atomic E-state index is 11.6. The molecule has 2 N–H and O–H groups in total. The zero-order valence-electron chi connectivity index (χ0n) is 8.48. The quantitative estimate of drug-likeness (QED) is 0.787. The third-order valence-corrected chi connectivity index (χ3v) is 4.43. The second-order valence-corrected chi connectivity index (χ2v) is 5.64. The highest BCUT2D eigenvalue weighted by molar-refractivity contribution is 7.89. The van der Waals surface area contributed by atoms with Crippen molar-refractivity contribution in [2.75, 3.05) is 18.8 Å². The number of sulfonamides is 1. The monoisotopic (exact) mass is 242 g/mol. The van der Waals surface area contributed by atoms with Gasteiger partial charge < -0.3 is 5.73 Å². The van der Waals surface area contributed by atoms with Crippen molar-refractivity contribution in [1.82, 2.24) is 4.31 Å². The van der Waals surface area contributed by atoms with Gasteiger partial charge in [0.25, 0.3) is 0 Å². The van der Waals surface area contributed by atoms with Gasteiger partial charge in [-0.3, -0.25) is 0 Å². The van der Waals surface area contributed by atoms with Crippen LogP contribution in [0.5, 0.6) is 0 Å². The Bertz CT molecular complexity index is 248. The van der Waals surface area contributed by atoms with E-state index in [1.54, 1.807) is 4.31 Å². The number of hydrogen-bond acceptors (Lipinski definition) is 3. The lowest BCUT2D eigenvalue weighted by atomic mass is 10.1. The van der Waals surface area contributed by atoms with E-state index in [2.05, 4.69) is 0 Å². The van der Waals surface area contributed by atoms with Gasteiger partial charge in [-0.25, -0.2) is 12.7 Å². The highest BCUT2D eigenvalue weighted by Crippen LogP contribution is 2.13. The summed E-state index contributed by atoms with van der Waals surface area (Å²) in [6, 6.07) is 0.188. The van der Waals surface area contributed by atoms with E-state index < -0.39 is 10.0 Å². The smallest absolute Gasteiger partial charge is 0.214 e. The highest BCUT2D eigenvalue weighted by Gasteiger charge is 2.25. The Morgan fingerprint density at radius 3 is 2.29 bits per heavy atom. The minimum absolute atomic E-state index is 0. The van der Waals surface area contributed by atoms with E-state index in [0.717, 1.165) is 12.8 Å². The molecule has 6 heteroatoms. The van der Waals surface area contributed by atoms with E-state index in [0.29, 0.717) is 19.5 Å². The van der Waals surface area contributed by atoms with E-state index in [-0.39, 0.29) is 24.2 Å². The van der Waals surface area contributed by atoms with Crippen molar-refractivity contribution in [2.24, 2.45) is 5.73 Å². The van der Waals surface area contributed by atoms with Crippen LogP contribution in [-0.4, -0.2) is 37.6 Å². The summed E-state index contributed by atoms with van der Waals surface area (Å²) in [6.07, 6.45) is 2.27. The first-order valence-electron chi connectivity index (χ1n) is 4.79. The molecule has 0 aromatic heterocycles. The van der Waals surface area contributed by atoms with Crippen molar-refractivity contribution in [3.8, 4) is 0 Å². The molecule has 0 aromatic carbocycles. The predicted molar refractivity (Wildman–Crippen MR) is 60.1 cm³/mol. The van der Waals surface area contributed by atoms with Crippen LogP contribution < -0.4 is 5.73 Å². The average Bonchev–Trinajstić information content (AvgIpc) is 2.05. The van der Waals surface area contributed by atoms with Crippen LogP contribution in [-0.2, 0) is 10.0 Å². The van der Waals surface area contributed by atoms with Gasteiger partial charge in [-0.05, 0) is 19.3 Å². The molecule has 0 atom stereocenters. The lowest BCUT2D eigenvalue weighted by Gasteiger charge is -2.29. The Balaban J connectivity index is 0.00000169. The van der Waals surface area contributed by atoms with Gasteiger partial charge in [0, 0.05) is 19.1 Å². The molecule has 14 heavy (non-hydrogen) atoms. The van der Waals surface area contributed by atoms with Gasteiger partial charge in [-0.15, -0.1) is 12.4 Å². The molecule has 1 aliphatic heterocycles. The fourth-order valence-electron chi connectivity index (χ4n) is 1.54. The largest absolute Gasteiger partial charge is 0.328 e. The van der Waals surface area contributed by atoms with Crippen LogP contribution in [0.2, 0.25) is 0 Å². The first-order chi connectivity index (χ1) is 6.06. The van der Waals surface area contributed by atoms with Crippen LogP contribution in [0.25, 0.3) is 0 Å². The summed E-state index contributed by atoms with van der Waals surface area (Å²) in [6.45, 7) is 3.08. The molecule has 1 fully saturated rings. The SMILES string of the molecule is CCCS(=O)(=O)N1CCC(N)CC1.Cl. The molecule has 0 unspecified atom stereocenters. The second kappa shape index (κ2) is 5.90. The van der Waals surface area contributed by atoms with Crippen LogP contribution in [0.4, 0.5) is 0 Å². The van der Waals surface area contributed by atoms with E-state index in [4.69, 9.17) is 5.73 Å². The molecule has 0 radical (unpaired) electrons. The Kier molecular flexibility index (Phi) is 5.97. The number of piperidine rings is 1. The molecule has 4 nitrogen and oxygen atoms in total. The van der Waals surface area contributed by atoms with Gasteiger partial charge in [0.15, 0.2) is 0 Å². The normalized spacial score (nSPS) is 20.4. The number of rotatable bonds is 3. The van der Waals surface area contributed by atoms with Crippen LogP contribution in [0.15, 0.2) is 0 Å². The van der Waals surface area contributed by atoms with Gasteiger partial charge >= 0.3 is 0 Å². The van der Waals surface area contributed by atoms with E-state index in [1.165, 1.54) is 0 Å². The van der Waals surface area contributed by atoms with E-state index in [9.17, 15) is 8.42 Å². The van der Waals surface area contributed by atoms with E-state index in [1.807, 2.05) is 6.92 Å². The maximum Gasteiger partial charge on any atom is 0.214 e. The van der Waals surface area contributed by atoms with Gasteiger partial charge in [0.1, 0.15) is 0 Å². The van der Waals surface area contributed by atoms with E-state index >= 15 is 0 Å². The number of halogens is 1. The molecule has 0 saturated carbocycles. The van der Waals surface area contributed by atoms with Crippen molar-refractivity contribution >= 4 is 22.4 Å². The zero-order chi connectivity index (χ0) is 9.90. The summed E-state index contributed by atoms with van der Waals surface area (Å²) in [5, 5.41) is 0. The van der Waals surface area contributed by atoms with Gasteiger partial charge in [0.05, 0.1) is 5.75 Å². The summed E-state index contributed by atoms with van der Waals surface area (Å²) >= 11 is 0. The Morgan fingerprint density at radius 2 is 1.86 bits per heavy atom. The number of hydrogen-bond donors (Lipinski definition) is 1. The van der Waals surface area contributed by atoms with Gasteiger partial charge in [-0.2, -0.15) is 0 Å². The average molecular weight is 243 g/mol. The molecule has 0 aromatic rings. The highest BCUT2D eigenvalue weighted by atomic mass is 35.5. The minimum atomic E-state index is -2.98. The molecule has 1 aliphatic rings. The maximum absolute atomic E-state index is 11.6. The third-order valence-electron chi connectivity index (χ3n) is 2.35. The number of nitrogens with zero attached hydrogens (tertiary/aromatic N) is 1. The fourth-order valence-corrected chi connectivity index (χ4v) is 3.08. The topological polar surface area (TPSA) is 63.4 Å². The predicted octanol–water partition coefficient (Wildman–Crippen LogP) is 0.571. The summed E-state index contributed by atoms with van der Waals surface area (Å²) in [5.74, 6) is 0.266. The van der Waals surface area contributed by atoms with Crippen LogP contribution >= 0.6 is 12.4 Å². The summed E-state index contributed by atoms with van der Waals surface area (Å²) in [4.78, 5) is 0. The van der Waals surface area contributed by atoms with Crippen molar-refractivity contribution in [1.29, 1.82) is 0 Å². The Hall–Kier alpha value is 0.160. The molecule has 1 saturated heterocycles.